The van der Waals surface area contributed by atoms with E-state index in [-0.39, 0.29) is 12.0 Å². The lowest BCUT2D eigenvalue weighted by Crippen LogP contribution is -2.43. The zero-order valence-corrected chi connectivity index (χ0v) is 12.9. The summed E-state index contributed by atoms with van der Waals surface area (Å²) in [6, 6.07) is 3.96. The monoisotopic (exact) mass is 315 g/mol. The summed E-state index contributed by atoms with van der Waals surface area (Å²) < 4.78 is 5.80. The number of carbonyl (C=O) groups is 1. The number of rotatable bonds is 4. The Morgan fingerprint density at radius 1 is 1.45 bits per heavy atom. The first-order valence-electron chi connectivity index (χ1n) is 7.24. The van der Waals surface area contributed by atoms with Gasteiger partial charge < -0.3 is 9.64 Å². The van der Waals surface area contributed by atoms with E-state index in [0.717, 1.165) is 24.3 Å². The maximum atomic E-state index is 12.3. The minimum absolute atomic E-state index is 0.0236. The molecule has 6 heteroatoms. The first-order chi connectivity index (χ1) is 10.8. The molecule has 1 atom stereocenters. The van der Waals surface area contributed by atoms with Gasteiger partial charge in [0, 0.05) is 29.9 Å². The van der Waals surface area contributed by atoms with Crippen LogP contribution < -0.4 is 4.74 Å². The summed E-state index contributed by atoms with van der Waals surface area (Å²) >= 11 is 1.62. The van der Waals surface area contributed by atoms with Crippen LogP contribution in [-0.4, -0.2) is 40.0 Å². The lowest BCUT2D eigenvalue weighted by atomic mass is 10.1. The summed E-state index contributed by atoms with van der Waals surface area (Å²) in [4.78, 5) is 23.3. The number of likely N-dealkylation sites (tertiary alicyclic amines) is 1. The van der Waals surface area contributed by atoms with Crippen molar-refractivity contribution >= 4 is 23.3 Å². The van der Waals surface area contributed by atoms with Crippen molar-refractivity contribution < 1.29 is 9.53 Å². The van der Waals surface area contributed by atoms with Crippen molar-refractivity contribution in [1.82, 2.24) is 14.9 Å². The zero-order valence-electron chi connectivity index (χ0n) is 12.1. The predicted octanol–water partition coefficient (Wildman–Crippen LogP) is 2.62. The third kappa shape index (κ3) is 3.92. The smallest absolute Gasteiger partial charge is 0.246 e. The number of piperidine rings is 1. The molecule has 0 bridgehead atoms. The molecule has 3 heterocycles. The number of carbonyl (C=O) groups excluding carboxylic acids is 1. The molecule has 0 saturated carbocycles. The summed E-state index contributed by atoms with van der Waals surface area (Å²) in [5.74, 6) is 0.539. The van der Waals surface area contributed by atoms with Crippen molar-refractivity contribution in [1.29, 1.82) is 0 Å². The van der Waals surface area contributed by atoms with Gasteiger partial charge in [-0.3, -0.25) is 9.78 Å². The first kappa shape index (κ1) is 14.7. The molecule has 0 aliphatic carbocycles. The van der Waals surface area contributed by atoms with Gasteiger partial charge in [-0.15, -0.1) is 11.3 Å². The Morgan fingerprint density at radius 2 is 2.41 bits per heavy atom. The van der Waals surface area contributed by atoms with E-state index in [0.29, 0.717) is 12.4 Å². The Balaban J connectivity index is 1.57. The standard InChI is InChI=1S/C16H17N3O2S/c20-16(6-5-14-4-2-10-22-14)19-9-1-3-13(12-19)21-15-11-17-7-8-18-15/h2,4-8,10-11,13H,1,3,9,12H2/b6-5+. The molecule has 0 N–H and O–H groups in total. The van der Waals surface area contributed by atoms with Crippen LogP contribution in [0.4, 0.5) is 0 Å². The number of amides is 1. The van der Waals surface area contributed by atoms with Gasteiger partial charge in [-0.1, -0.05) is 6.07 Å². The maximum Gasteiger partial charge on any atom is 0.246 e. The molecule has 2 aromatic rings. The lowest BCUT2D eigenvalue weighted by Gasteiger charge is -2.31. The van der Waals surface area contributed by atoms with Crippen LogP contribution in [-0.2, 0) is 4.79 Å². The molecule has 1 aliphatic rings. The number of hydrogen-bond donors (Lipinski definition) is 0. The van der Waals surface area contributed by atoms with Crippen LogP contribution in [0.5, 0.6) is 5.88 Å². The molecular formula is C16H17N3O2S. The van der Waals surface area contributed by atoms with Gasteiger partial charge in [-0.2, -0.15) is 0 Å². The third-order valence-corrected chi connectivity index (χ3v) is 4.29. The Bertz CT molecular complexity index is 628. The Labute approximate surface area is 133 Å². The summed E-state index contributed by atoms with van der Waals surface area (Å²) in [5.41, 5.74) is 0. The molecule has 0 aromatic carbocycles. The molecule has 1 aliphatic heterocycles. The highest BCUT2D eigenvalue weighted by Gasteiger charge is 2.24. The highest BCUT2D eigenvalue weighted by molar-refractivity contribution is 7.10. The number of thiophene rings is 1. The number of ether oxygens (including phenoxy) is 1. The van der Waals surface area contributed by atoms with E-state index in [1.54, 1.807) is 36.0 Å². The quantitative estimate of drug-likeness (QED) is 0.814. The molecule has 1 fully saturated rings. The van der Waals surface area contributed by atoms with Crippen molar-refractivity contribution in [3.05, 3.63) is 47.1 Å². The third-order valence-electron chi connectivity index (χ3n) is 3.45. The second-order valence-electron chi connectivity index (χ2n) is 5.06. The molecule has 5 nitrogen and oxygen atoms in total. The minimum Gasteiger partial charge on any atom is -0.471 e. The van der Waals surface area contributed by atoms with Crippen LogP contribution in [0.15, 0.2) is 42.2 Å². The Hall–Kier alpha value is -2.21. The van der Waals surface area contributed by atoms with Crippen molar-refractivity contribution in [2.45, 2.75) is 18.9 Å². The molecule has 1 amide bonds. The molecule has 0 spiro atoms. The van der Waals surface area contributed by atoms with E-state index in [9.17, 15) is 4.79 Å². The van der Waals surface area contributed by atoms with Crippen molar-refractivity contribution in [3.63, 3.8) is 0 Å². The van der Waals surface area contributed by atoms with Crippen LogP contribution in [0, 0.1) is 0 Å². The van der Waals surface area contributed by atoms with Crippen LogP contribution in [0.2, 0.25) is 0 Å². The van der Waals surface area contributed by atoms with Crippen LogP contribution in [0.1, 0.15) is 17.7 Å². The van der Waals surface area contributed by atoms with E-state index in [1.807, 2.05) is 28.5 Å². The van der Waals surface area contributed by atoms with Crippen molar-refractivity contribution in [2.75, 3.05) is 13.1 Å². The summed E-state index contributed by atoms with van der Waals surface area (Å²) in [6.45, 7) is 1.36. The average molecular weight is 315 g/mol. The van der Waals surface area contributed by atoms with Gasteiger partial charge in [0.15, 0.2) is 0 Å². The first-order valence-corrected chi connectivity index (χ1v) is 8.12. The SMILES string of the molecule is O=C(/C=C/c1cccs1)N1CCCC(Oc2cnccn2)C1. The van der Waals surface area contributed by atoms with Gasteiger partial charge >= 0.3 is 0 Å². The summed E-state index contributed by atoms with van der Waals surface area (Å²) in [7, 11) is 0. The predicted molar refractivity (Wildman–Crippen MR) is 85.6 cm³/mol. The fourth-order valence-corrected chi connectivity index (χ4v) is 3.01. The zero-order chi connectivity index (χ0) is 15.2. The molecule has 1 unspecified atom stereocenters. The van der Waals surface area contributed by atoms with Crippen LogP contribution >= 0.6 is 11.3 Å². The number of aromatic nitrogens is 2. The van der Waals surface area contributed by atoms with Gasteiger partial charge in [0.1, 0.15) is 6.10 Å². The normalized spacial score (nSPS) is 18.5. The van der Waals surface area contributed by atoms with Crippen LogP contribution in [0.3, 0.4) is 0 Å². The van der Waals surface area contributed by atoms with Gasteiger partial charge in [-0.25, -0.2) is 4.98 Å². The highest BCUT2D eigenvalue weighted by atomic mass is 32.1. The van der Waals surface area contributed by atoms with E-state index >= 15 is 0 Å². The topological polar surface area (TPSA) is 55.3 Å². The highest BCUT2D eigenvalue weighted by Crippen LogP contribution is 2.17. The van der Waals surface area contributed by atoms with Gasteiger partial charge in [0.05, 0.1) is 12.7 Å². The molecular weight excluding hydrogens is 298 g/mol. The summed E-state index contributed by atoms with van der Waals surface area (Å²) in [6.07, 6.45) is 10.1. The van der Waals surface area contributed by atoms with E-state index < -0.39 is 0 Å². The fraction of sp³-hybridized carbons (Fsp3) is 0.312. The van der Waals surface area contributed by atoms with E-state index in [2.05, 4.69) is 9.97 Å². The average Bonchev–Trinajstić information content (AvgIpc) is 3.07. The number of nitrogens with zero attached hydrogens (tertiary/aromatic N) is 3. The van der Waals surface area contributed by atoms with Gasteiger partial charge in [-0.05, 0) is 30.4 Å². The van der Waals surface area contributed by atoms with Gasteiger partial charge in [0.2, 0.25) is 11.8 Å². The van der Waals surface area contributed by atoms with Crippen molar-refractivity contribution in [3.8, 4) is 5.88 Å². The van der Waals surface area contributed by atoms with Crippen LogP contribution in [0.25, 0.3) is 6.08 Å². The second kappa shape index (κ2) is 7.17. The Kier molecular flexibility index (Phi) is 4.80. The maximum absolute atomic E-state index is 12.3. The lowest BCUT2D eigenvalue weighted by molar-refractivity contribution is -0.128. The molecule has 22 heavy (non-hydrogen) atoms. The Morgan fingerprint density at radius 3 is 3.18 bits per heavy atom. The van der Waals surface area contributed by atoms with Crippen molar-refractivity contribution in [2.24, 2.45) is 0 Å². The molecule has 1 saturated heterocycles. The minimum atomic E-state index is -0.0236. The number of hydrogen-bond acceptors (Lipinski definition) is 5. The molecule has 2 aromatic heterocycles. The second-order valence-corrected chi connectivity index (χ2v) is 6.04. The fourth-order valence-electron chi connectivity index (χ4n) is 2.40. The van der Waals surface area contributed by atoms with E-state index in [4.69, 9.17) is 4.74 Å². The van der Waals surface area contributed by atoms with Gasteiger partial charge in [0.25, 0.3) is 0 Å². The molecule has 3 rings (SSSR count). The molecule has 0 radical (unpaired) electrons. The van der Waals surface area contributed by atoms with E-state index in [1.165, 1.54) is 0 Å². The largest absolute Gasteiger partial charge is 0.471 e. The molecule has 114 valence electrons. The summed E-state index contributed by atoms with van der Waals surface area (Å²) in [5, 5.41) is 2.00.